The quantitative estimate of drug-likeness (QED) is 0.687. The fraction of sp³-hybridized carbons (Fsp3) is 0.0625. The molecule has 23 heavy (non-hydrogen) atoms. The zero-order valence-corrected chi connectivity index (χ0v) is 12.2. The Bertz CT molecular complexity index is 879. The number of hydrogen-bond acceptors (Lipinski definition) is 6. The summed E-state index contributed by atoms with van der Waals surface area (Å²) in [5.74, 6) is -0.416. The predicted octanol–water partition coefficient (Wildman–Crippen LogP) is 1.99. The number of ether oxygens (including phenoxy) is 1. The molecular formula is C16H11N5O2. The molecule has 7 nitrogen and oxygen atoms in total. The normalized spacial score (nSPS) is 10.1. The van der Waals surface area contributed by atoms with Gasteiger partial charge in [0.25, 0.3) is 0 Å². The van der Waals surface area contributed by atoms with Gasteiger partial charge in [-0.2, -0.15) is 5.26 Å². The van der Waals surface area contributed by atoms with Gasteiger partial charge < -0.3 is 4.74 Å². The first-order valence-corrected chi connectivity index (χ1v) is 6.69. The Morgan fingerprint density at radius 1 is 1.26 bits per heavy atom. The molecule has 7 heteroatoms. The van der Waals surface area contributed by atoms with Crippen LogP contribution >= 0.6 is 0 Å². The Kier molecular flexibility index (Phi) is 3.80. The number of esters is 1. The Morgan fingerprint density at radius 2 is 2.04 bits per heavy atom. The largest absolute Gasteiger partial charge is 0.465 e. The van der Waals surface area contributed by atoms with E-state index in [2.05, 4.69) is 20.0 Å². The average Bonchev–Trinajstić information content (AvgIpc) is 3.06. The molecule has 3 rings (SSSR count). The van der Waals surface area contributed by atoms with Gasteiger partial charge >= 0.3 is 5.97 Å². The molecular weight excluding hydrogens is 294 g/mol. The van der Waals surface area contributed by atoms with Crippen molar-refractivity contribution < 1.29 is 9.53 Å². The van der Waals surface area contributed by atoms with Crippen LogP contribution in [0.15, 0.2) is 48.8 Å². The average molecular weight is 305 g/mol. The van der Waals surface area contributed by atoms with Gasteiger partial charge in [0.05, 0.1) is 18.4 Å². The summed E-state index contributed by atoms with van der Waals surface area (Å²) in [6, 6.07) is 12.3. The van der Waals surface area contributed by atoms with Crippen molar-refractivity contribution in [2.75, 3.05) is 7.11 Å². The van der Waals surface area contributed by atoms with Gasteiger partial charge in [0.15, 0.2) is 5.69 Å². The van der Waals surface area contributed by atoms with E-state index in [4.69, 9.17) is 0 Å². The number of carbonyl (C=O) groups excluding carboxylic acids is 1. The molecule has 0 saturated carbocycles. The van der Waals surface area contributed by atoms with Gasteiger partial charge in [-0.15, -0.1) is 5.10 Å². The second-order valence-corrected chi connectivity index (χ2v) is 4.59. The van der Waals surface area contributed by atoms with E-state index < -0.39 is 5.97 Å². The molecule has 0 radical (unpaired) electrons. The zero-order valence-electron chi connectivity index (χ0n) is 12.2. The molecule has 2 heterocycles. The molecule has 0 atom stereocenters. The number of nitrogens with zero attached hydrogens (tertiary/aromatic N) is 5. The van der Waals surface area contributed by atoms with Gasteiger partial charge in [-0.05, 0) is 36.4 Å². The third-order valence-electron chi connectivity index (χ3n) is 3.24. The first kappa shape index (κ1) is 14.4. The molecule has 0 aliphatic carbocycles. The number of nitriles is 1. The summed E-state index contributed by atoms with van der Waals surface area (Å²) in [7, 11) is 1.33. The van der Waals surface area contributed by atoms with E-state index in [-0.39, 0.29) is 5.69 Å². The lowest BCUT2D eigenvalue weighted by Crippen LogP contribution is -2.03. The van der Waals surface area contributed by atoms with Gasteiger partial charge in [-0.3, -0.25) is 4.98 Å². The maximum atomic E-state index is 11.5. The number of pyridine rings is 1. The number of carbonyl (C=O) groups is 1. The van der Waals surface area contributed by atoms with Crippen LogP contribution in [0.3, 0.4) is 0 Å². The van der Waals surface area contributed by atoms with Crippen molar-refractivity contribution in [3.05, 3.63) is 60.0 Å². The van der Waals surface area contributed by atoms with Crippen LogP contribution in [0.25, 0.3) is 16.9 Å². The second kappa shape index (κ2) is 6.07. The van der Waals surface area contributed by atoms with E-state index in [0.29, 0.717) is 16.9 Å². The lowest BCUT2D eigenvalue weighted by Gasteiger charge is -2.07. The van der Waals surface area contributed by atoms with Crippen LogP contribution in [0.2, 0.25) is 0 Å². The van der Waals surface area contributed by atoms with E-state index in [1.807, 2.05) is 12.1 Å². The summed E-state index contributed by atoms with van der Waals surface area (Å²) in [6.45, 7) is 0. The molecule has 0 aliphatic heterocycles. The Morgan fingerprint density at radius 3 is 2.65 bits per heavy atom. The molecule has 0 fully saturated rings. The van der Waals surface area contributed by atoms with Crippen molar-refractivity contribution in [2.45, 2.75) is 0 Å². The SMILES string of the molecule is COC(=O)c1ccc(-n2nnc(C#N)c2-c2cccnc2)cc1. The summed E-state index contributed by atoms with van der Waals surface area (Å²) >= 11 is 0. The van der Waals surface area contributed by atoms with Crippen LogP contribution in [0.4, 0.5) is 0 Å². The minimum Gasteiger partial charge on any atom is -0.465 e. The number of hydrogen-bond donors (Lipinski definition) is 0. The number of methoxy groups -OCH3 is 1. The highest BCUT2D eigenvalue weighted by Gasteiger charge is 2.16. The minimum absolute atomic E-state index is 0.204. The van der Waals surface area contributed by atoms with E-state index in [1.54, 1.807) is 42.7 Å². The molecule has 0 aliphatic rings. The highest BCUT2D eigenvalue weighted by Crippen LogP contribution is 2.24. The van der Waals surface area contributed by atoms with Gasteiger partial charge in [0, 0.05) is 18.0 Å². The fourth-order valence-corrected chi connectivity index (χ4v) is 2.16. The van der Waals surface area contributed by atoms with Crippen LogP contribution in [0.5, 0.6) is 0 Å². The monoisotopic (exact) mass is 305 g/mol. The molecule has 0 N–H and O–H groups in total. The lowest BCUT2D eigenvalue weighted by atomic mass is 10.1. The molecule has 112 valence electrons. The van der Waals surface area contributed by atoms with Crippen molar-refractivity contribution in [1.29, 1.82) is 5.26 Å². The smallest absolute Gasteiger partial charge is 0.337 e. The highest BCUT2D eigenvalue weighted by molar-refractivity contribution is 5.89. The van der Waals surface area contributed by atoms with Crippen LogP contribution in [-0.2, 0) is 4.74 Å². The Balaban J connectivity index is 2.09. The molecule has 0 unspecified atom stereocenters. The third kappa shape index (κ3) is 2.65. The van der Waals surface area contributed by atoms with E-state index >= 15 is 0 Å². The first-order chi connectivity index (χ1) is 11.2. The molecule has 0 amide bonds. The molecule has 1 aromatic carbocycles. The van der Waals surface area contributed by atoms with Gasteiger partial charge in [-0.25, -0.2) is 9.48 Å². The van der Waals surface area contributed by atoms with Gasteiger partial charge in [0.2, 0.25) is 0 Å². The van der Waals surface area contributed by atoms with Crippen molar-refractivity contribution >= 4 is 5.97 Å². The molecule has 3 aromatic rings. The maximum Gasteiger partial charge on any atom is 0.337 e. The van der Waals surface area contributed by atoms with Crippen molar-refractivity contribution in [3.8, 4) is 23.0 Å². The standard InChI is InChI=1S/C16H11N5O2/c1-23-16(22)11-4-6-13(7-5-11)21-15(14(9-17)19-20-21)12-3-2-8-18-10-12/h2-8,10H,1H3. The third-order valence-corrected chi connectivity index (χ3v) is 3.24. The van der Waals surface area contributed by atoms with Crippen molar-refractivity contribution in [2.24, 2.45) is 0 Å². The van der Waals surface area contributed by atoms with E-state index in [1.165, 1.54) is 11.8 Å². The summed E-state index contributed by atoms with van der Waals surface area (Å²) in [6.07, 6.45) is 3.29. The van der Waals surface area contributed by atoms with Crippen LogP contribution in [0.1, 0.15) is 16.1 Å². The summed E-state index contributed by atoms with van der Waals surface area (Å²) in [5.41, 5.74) is 2.58. The van der Waals surface area contributed by atoms with Crippen LogP contribution in [0, 0.1) is 11.3 Å². The minimum atomic E-state index is -0.416. The molecule has 0 saturated heterocycles. The fourth-order valence-electron chi connectivity index (χ4n) is 2.16. The maximum absolute atomic E-state index is 11.5. The summed E-state index contributed by atoms with van der Waals surface area (Å²) in [5, 5.41) is 17.2. The number of aromatic nitrogens is 4. The summed E-state index contributed by atoms with van der Waals surface area (Å²) in [4.78, 5) is 15.6. The topological polar surface area (TPSA) is 93.7 Å². The van der Waals surface area contributed by atoms with E-state index in [0.717, 1.165) is 5.56 Å². The van der Waals surface area contributed by atoms with Crippen LogP contribution < -0.4 is 0 Å². The van der Waals surface area contributed by atoms with Crippen LogP contribution in [-0.4, -0.2) is 33.1 Å². The van der Waals surface area contributed by atoms with Crippen molar-refractivity contribution in [1.82, 2.24) is 20.0 Å². The molecule has 0 spiro atoms. The molecule has 0 bridgehead atoms. The van der Waals surface area contributed by atoms with E-state index in [9.17, 15) is 10.1 Å². The molecule has 2 aromatic heterocycles. The van der Waals surface area contributed by atoms with Gasteiger partial charge in [0.1, 0.15) is 11.8 Å². The number of rotatable bonds is 3. The first-order valence-electron chi connectivity index (χ1n) is 6.69. The Hall–Kier alpha value is -3.53. The summed E-state index contributed by atoms with van der Waals surface area (Å²) < 4.78 is 6.21. The van der Waals surface area contributed by atoms with Crippen molar-refractivity contribution in [3.63, 3.8) is 0 Å². The highest BCUT2D eigenvalue weighted by atomic mass is 16.5. The Labute approximate surface area is 131 Å². The van der Waals surface area contributed by atoms with Gasteiger partial charge in [-0.1, -0.05) is 5.21 Å². The lowest BCUT2D eigenvalue weighted by molar-refractivity contribution is 0.0601. The second-order valence-electron chi connectivity index (χ2n) is 4.59. The number of benzene rings is 1. The predicted molar refractivity (Wildman–Crippen MR) is 80.6 cm³/mol. The zero-order chi connectivity index (χ0) is 16.2.